The van der Waals surface area contributed by atoms with E-state index in [0.717, 1.165) is 23.3 Å². The van der Waals surface area contributed by atoms with Crippen molar-refractivity contribution in [2.45, 2.75) is 45.5 Å². The first-order valence-electron chi connectivity index (χ1n) is 9.76. The number of carbonyl (C=O) groups excluding carboxylic acids is 2. The second-order valence-electron chi connectivity index (χ2n) is 8.29. The molecule has 0 saturated carbocycles. The zero-order valence-corrected chi connectivity index (χ0v) is 17.5. The predicted molar refractivity (Wildman–Crippen MR) is 111 cm³/mol. The van der Waals surface area contributed by atoms with Crippen LogP contribution in [0.15, 0.2) is 42.5 Å². The normalized spacial score (nSPS) is 13.9. The molecule has 1 aliphatic heterocycles. The molecule has 3 amide bonds. The Labute approximate surface area is 178 Å². The first-order chi connectivity index (χ1) is 14.4. The molecule has 31 heavy (non-hydrogen) atoms. The van der Waals surface area contributed by atoms with Gasteiger partial charge in [-0.1, -0.05) is 12.1 Å². The Bertz CT molecular complexity index is 984. The highest BCUT2D eigenvalue weighted by Crippen LogP contribution is 2.31. The van der Waals surface area contributed by atoms with Gasteiger partial charge in [0.15, 0.2) is 0 Å². The highest BCUT2D eigenvalue weighted by molar-refractivity contribution is 5.99. The standard InChI is InChI=1S/C22H24F3N3O3/c1-21(2,3)31-20(30)28-10-9-14-11-18(8-7-15(14)13-28)27-19(29)26-17-6-4-5-16(12-17)22(23,24)25/h4-8,11-12H,9-10,13H2,1-3H3,(H2,26,27,29). The van der Waals surface area contributed by atoms with Crippen LogP contribution < -0.4 is 10.6 Å². The molecule has 0 spiro atoms. The van der Waals surface area contributed by atoms with E-state index in [9.17, 15) is 22.8 Å². The highest BCUT2D eigenvalue weighted by Gasteiger charge is 2.30. The summed E-state index contributed by atoms with van der Waals surface area (Å²) in [6, 6.07) is 9.07. The van der Waals surface area contributed by atoms with Crippen LogP contribution in [0.1, 0.15) is 37.5 Å². The number of ether oxygens (including phenoxy) is 1. The molecule has 2 N–H and O–H groups in total. The minimum absolute atomic E-state index is 0.0401. The molecule has 0 aliphatic carbocycles. The van der Waals surface area contributed by atoms with Gasteiger partial charge < -0.3 is 20.3 Å². The molecule has 0 aromatic heterocycles. The first-order valence-corrected chi connectivity index (χ1v) is 9.76. The topological polar surface area (TPSA) is 70.7 Å². The third-order valence-corrected chi connectivity index (χ3v) is 4.58. The maximum absolute atomic E-state index is 12.8. The number of alkyl halides is 3. The molecule has 0 bridgehead atoms. The summed E-state index contributed by atoms with van der Waals surface area (Å²) in [5.41, 5.74) is 1.07. The Morgan fingerprint density at radius 3 is 2.29 bits per heavy atom. The van der Waals surface area contributed by atoms with Gasteiger partial charge in [0.25, 0.3) is 0 Å². The van der Waals surface area contributed by atoms with E-state index in [2.05, 4.69) is 10.6 Å². The highest BCUT2D eigenvalue weighted by atomic mass is 19.4. The lowest BCUT2D eigenvalue weighted by molar-refractivity contribution is -0.137. The minimum atomic E-state index is -4.49. The van der Waals surface area contributed by atoms with Crippen molar-refractivity contribution in [2.24, 2.45) is 0 Å². The van der Waals surface area contributed by atoms with Crippen LogP contribution in [-0.4, -0.2) is 29.2 Å². The molecule has 0 unspecified atom stereocenters. The van der Waals surface area contributed by atoms with Crippen molar-refractivity contribution in [3.05, 3.63) is 59.2 Å². The van der Waals surface area contributed by atoms with Crippen molar-refractivity contribution in [3.8, 4) is 0 Å². The maximum Gasteiger partial charge on any atom is 0.416 e. The Morgan fingerprint density at radius 2 is 1.65 bits per heavy atom. The van der Waals surface area contributed by atoms with E-state index in [1.807, 2.05) is 26.8 Å². The lowest BCUT2D eigenvalue weighted by atomic mass is 9.99. The van der Waals surface area contributed by atoms with Crippen LogP contribution in [0.25, 0.3) is 0 Å². The Hall–Kier alpha value is -3.23. The van der Waals surface area contributed by atoms with Crippen LogP contribution in [0.2, 0.25) is 0 Å². The Balaban J connectivity index is 1.62. The number of benzene rings is 2. The fraction of sp³-hybridized carbons (Fsp3) is 0.364. The molecule has 2 aromatic rings. The lowest BCUT2D eigenvalue weighted by Gasteiger charge is -2.31. The molecule has 6 nitrogen and oxygen atoms in total. The van der Waals surface area contributed by atoms with E-state index >= 15 is 0 Å². The average molecular weight is 435 g/mol. The number of nitrogens with one attached hydrogen (secondary N) is 2. The lowest BCUT2D eigenvalue weighted by Crippen LogP contribution is -2.39. The van der Waals surface area contributed by atoms with Crippen molar-refractivity contribution < 1.29 is 27.5 Å². The second-order valence-corrected chi connectivity index (χ2v) is 8.29. The molecule has 1 heterocycles. The zero-order chi connectivity index (χ0) is 22.8. The third-order valence-electron chi connectivity index (χ3n) is 4.58. The van der Waals surface area contributed by atoms with Gasteiger partial charge in [-0.05, 0) is 68.7 Å². The van der Waals surface area contributed by atoms with Crippen LogP contribution >= 0.6 is 0 Å². The van der Waals surface area contributed by atoms with E-state index in [-0.39, 0.29) is 11.8 Å². The molecule has 9 heteroatoms. The van der Waals surface area contributed by atoms with Crippen LogP contribution in [0.5, 0.6) is 0 Å². The largest absolute Gasteiger partial charge is 0.444 e. The van der Waals surface area contributed by atoms with Gasteiger partial charge in [0.2, 0.25) is 0 Å². The van der Waals surface area contributed by atoms with Crippen LogP contribution in [0.4, 0.5) is 34.1 Å². The molecular weight excluding hydrogens is 411 g/mol. The van der Waals surface area contributed by atoms with E-state index < -0.39 is 23.4 Å². The van der Waals surface area contributed by atoms with Gasteiger partial charge >= 0.3 is 18.3 Å². The van der Waals surface area contributed by atoms with Gasteiger partial charge in [-0.25, -0.2) is 9.59 Å². The Morgan fingerprint density at radius 1 is 0.968 bits per heavy atom. The smallest absolute Gasteiger partial charge is 0.416 e. The summed E-state index contributed by atoms with van der Waals surface area (Å²) in [5.74, 6) is 0. The van der Waals surface area contributed by atoms with Gasteiger partial charge in [0.05, 0.1) is 5.56 Å². The summed E-state index contributed by atoms with van der Waals surface area (Å²) in [5, 5.41) is 5.03. The number of fused-ring (bicyclic) bond motifs is 1. The van der Waals surface area contributed by atoms with Crippen LogP contribution in [0, 0.1) is 0 Å². The summed E-state index contributed by atoms with van der Waals surface area (Å²) >= 11 is 0. The molecule has 166 valence electrons. The third kappa shape index (κ3) is 6.13. The van der Waals surface area contributed by atoms with Gasteiger partial charge in [-0.2, -0.15) is 13.2 Å². The number of hydrogen-bond acceptors (Lipinski definition) is 3. The predicted octanol–water partition coefficient (Wildman–Crippen LogP) is 5.64. The maximum atomic E-state index is 12.8. The fourth-order valence-electron chi connectivity index (χ4n) is 3.18. The van der Waals surface area contributed by atoms with Crippen molar-refractivity contribution in [3.63, 3.8) is 0 Å². The van der Waals surface area contributed by atoms with Crippen LogP contribution in [-0.2, 0) is 23.9 Å². The molecule has 0 saturated heterocycles. The van der Waals surface area contributed by atoms with Gasteiger partial charge in [-0.15, -0.1) is 0 Å². The molecule has 1 aliphatic rings. The first kappa shape index (κ1) is 22.5. The van der Waals surface area contributed by atoms with Crippen molar-refractivity contribution in [2.75, 3.05) is 17.2 Å². The van der Waals surface area contributed by atoms with Crippen molar-refractivity contribution in [1.29, 1.82) is 0 Å². The van der Waals surface area contributed by atoms with Gasteiger partial charge in [0, 0.05) is 24.5 Å². The van der Waals surface area contributed by atoms with Crippen molar-refractivity contribution >= 4 is 23.5 Å². The second kappa shape index (κ2) is 8.49. The Kier molecular flexibility index (Phi) is 6.15. The molecule has 3 rings (SSSR count). The fourth-order valence-corrected chi connectivity index (χ4v) is 3.18. The summed E-state index contributed by atoms with van der Waals surface area (Å²) in [6.07, 6.45) is -4.26. The molecule has 2 aromatic carbocycles. The van der Waals surface area contributed by atoms with E-state index in [1.165, 1.54) is 12.1 Å². The number of amides is 3. The summed E-state index contributed by atoms with van der Waals surface area (Å²) in [6.45, 7) is 6.32. The quantitative estimate of drug-likeness (QED) is 0.641. The van der Waals surface area contributed by atoms with E-state index in [4.69, 9.17) is 4.74 Å². The average Bonchev–Trinajstić information content (AvgIpc) is 2.65. The van der Waals surface area contributed by atoms with E-state index in [1.54, 1.807) is 17.0 Å². The van der Waals surface area contributed by atoms with Crippen molar-refractivity contribution in [1.82, 2.24) is 4.90 Å². The number of rotatable bonds is 2. The molecule has 0 atom stereocenters. The SMILES string of the molecule is CC(C)(C)OC(=O)N1CCc2cc(NC(=O)Nc3cccc(C(F)(F)F)c3)ccc2C1. The van der Waals surface area contributed by atoms with E-state index in [0.29, 0.717) is 25.2 Å². The summed E-state index contributed by atoms with van der Waals surface area (Å²) in [4.78, 5) is 26.1. The number of hydrogen-bond donors (Lipinski definition) is 2. The monoisotopic (exact) mass is 435 g/mol. The summed E-state index contributed by atoms with van der Waals surface area (Å²) < 4.78 is 43.8. The van der Waals surface area contributed by atoms with Crippen LogP contribution in [0.3, 0.4) is 0 Å². The van der Waals surface area contributed by atoms with Gasteiger partial charge in [-0.3, -0.25) is 0 Å². The molecule has 0 radical (unpaired) electrons. The number of carbonyl (C=O) groups is 2. The molecule has 0 fully saturated rings. The number of nitrogens with zero attached hydrogens (tertiary/aromatic N) is 1. The van der Waals surface area contributed by atoms with Gasteiger partial charge in [0.1, 0.15) is 5.60 Å². The zero-order valence-electron chi connectivity index (χ0n) is 17.5. The molecular formula is C22H24F3N3O3. The minimum Gasteiger partial charge on any atom is -0.444 e. The number of urea groups is 1. The number of halogens is 3. The number of anilines is 2. The summed E-state index contributed by atoms with van der Waals surface area (Å²) in [7, 11) is 0.